The number of para-hydroxylation sites is 3. The third-order valence-corrected chi connectivity index (χ3v) is 6.23. The summed E-state index contributed by atoms with van der Waals surface area (Å²) in [5, 5.41) is 0. The van der Waals surface area contributed by atoms with Crippen LogP contribution < -0.4 is 4.90 Å². The van der Waals surface area contributed by atoms with Gasteiger partial charge in [-0.2, -0.15) is 0 Å². The lowest BCUT2D eigenvalue weighted by atomic mass is 10.0. The lowest BCUT2D eigenvalue weighted by Gasteiger charge is -2.17. The molecule has 1 unspecified atom stereocenters. The predicted octanol–water partition coefficient (Wildman–Crippen LogP) is 5.73. The smallest absolute Gasteiger partial charge is 0.227 e. The number of rotatable bonds is 5. The molecule has 3 aromatic carbocycles. The fourth-order valence-electron chi connectivity index (χ4n) is 4.50. The van der Waals surface area contributed by atoms with Crippen LogP contribution >= 0.6 is 0 Å². The van der Waals surface area contributed by atoms with Crippen molar-refractivity contribution >= 4 is 22.6 Å². The summed E-state index contributed by atoms with van der Waals surface area (Å²) in [6.07, 6.45) is 0.491. The van der Waals surface area contributed by atoms with Crippen molar-refractivity contribution in [2.45, 2.75) is 38.6 Å². The minimum Gasteiger partial charge on any atom is -0.323 e. The van der Waals surface area contributed by atoms with E-state index < -0.39 is 0 Å². The molecule has 1 aromatic heterocycles. The van der Waals surface area contributed by atoms with Gasteiger partial charge >= 0.3 is 0 Å². The van der Waals surface area contributed by atoms with Crippen molar-refractivity contribution in [1.29, 1.82) is 0 Å². The Kier molecular flexibility index (Phi) is 5.06. The molecule has 1 aliphatic heterocycles. The lowest BCUT2D eigenvalue weighted by molar-refractivity contribution is -0.117. The van der Waals surface area contributed by atoms with Gasteiger partial charge < -0.3 is 9.47 Å². The van der Waals surface area contributed by atoms with E-state index in [9.17, 15) is 4.79 Å². The lowest BCUT2D eigenvalue weighted by Crippen LogP contribution is -2.24. The van der Waals surface area contributed by atoms with Crippen LogP contribution in [0.25, 0.3) is 11.0 Å². The van der Waals surface area contributed by atoms with E-state index in [-0.39, 0.29) is 11.8 Å². The number of fused-ring (bicyclic) bond motifs is 1. The van der Waals surface area contributed by atoms with Crippen molar-refractivity contribution in [1.82, 2.24) is 9.55 Å². The Hall–Kier alpha value is -3.40. The van der Waals surface area contributed by atoms with Gasteiger partial charge in [-0.05, 0) is 41.3 Å². The van der Waals surface area contributed by atoms with Crippen LogP contribution in [-0.2, 0) is 11.3 Å². The molecule has 5 rings (SSSR count). The third kappa shape index (κ3) is 3.74. The molecule has 1 fully saturated rings. The number of amides is 1. The van der Waals surface area contributed by atoms with E-state index in [0.29, 0.717) is 18.9 Å². The second-order valence-corrected chi connectivity index (χ2v) is 8.68. The van der Waals surface area contributed by atoms with E-state index >= 15 is 0 Å². The molecule has 156 valence electrons. The first kappa shape index (κ1) is 19.6. The highest BCUT2D eigenvalue weighted by Gasteiger charge is 2.34. The monoisotopic (exact) mass is 409 g/mol. The second-order valence-electron chi connectivity index (χ2n) is 8.68. The molecule has 1 amide bonds. The molecule has 4 heteroatoms. The van der Waals surface area contributed by atoms with Crippen LogP contribution in [0, 0.1) is 0 Å². The van der Waals surface area contributed by atoms with E-state index in [1.807, 2.05) is 41.3 Å². The first-order valence-electron chi connectivity index (χ1n) is 11.0. The SMILES string of the molecule is CC(C)c1ccc(Cn2c(C3CC(=O)N(c4ccccc4)C3)nc3ccccc32)cc1. The van der Waals surface area contributed by atoms with Gasteiger partial charge in [0.15, 0.2) is 0 Å². The van der Waals surface area contributed by atoms with Gasteiger partial charge in [0.05, 0.1) is 11.0 Å². The summed E-state index contributed by atoms with van der Waals surface area (Å²) in [4.78, 5) is 19.7. The molecule has 0 bridgehead atoms. The van der Waals surface area contributed by atoms with Gasteiger partial charge in [0.1, 0.15) is 5.82 Å². The standard InChI is InChI=1S/C27H27N3O/c1-19(2)21-14-12-20(13-15-21)17-30-25-11-7-6-10-24(25)28-27(30)22-16-26(31)29(18-22)23-8-4-3-5-9-23/h3-15,19,22H,16-18H2,1-2H3. The van der Waals surface area contributed by atoms with E-state index in [1.54, 1.807) is 0 Å². The van der Waals surface area contributed by atoms with Crippen molar-refractivity contribution in [2.24, 2.45) is 0 Å². The molecule has 1 atom stereocenters. The molecule has 0 radical (unpaired) electrons. The van der Waals surface area contributed by atoms with Gasteiger partial charge in [0.25, 0.3) is 0 Å². The van der Waals surface area contributed by atoms with Gasteiger partial charge in [-0.3, -0.25) is 4.79 Å². The zero-order valence-corrected chi connectivity index (χ0v) is 18.0. The number of nitrogens with zero attached hydrogens (tertiary/aromatic N) is 3. The van der Waals surface area contributed by atoms with Crippen LogP contribution in [0.5, 0.6) is 0 Å². The highest BCUT2D eigenvalue weighted by atomic mass is 16.2. The Labute approximate surface area is 183 Å². The van der Waals surface area contributed by atoms with Gasteiger partial charge in [-0.1, -0.05) is 68.4 Å². The fraction of sp³-hybridized carbons (Fsp3) is 0.259. The van der Waals surface area contributed by atoms with Crippen LogP contribution in [0.15, 0.2) is 78.9 Å². The predicted molar refractivity (Wildman–Crippen MR) is 126 cm³/mol. The molecule has 4 aromatic rings. The number of aromatic nitrogens is 2. The Morgan fingerprint density at radius 2 is 1.65 bits per heavy atom. The summed E-state index contributed by atoms with van der Waals surface area (Å²) in [6.45, 7) is 5.85. The number of anilines is 1. The molecular formula is C27H27N3O. The average molecular weight is 410 g/mol. The number of imidazole rings is 1. The Morgan fingerprint density at radius 1 is 0.935 bits per heavy atom. The second kappa shape index (κ2) is 8.03. The van der Waals surface area contributed by atoms with Crippen LogP contribution in [0.4, 0.5) is 5.69 Å². The summed E-state index contributed by atoms with van der Waals surface area (Å²) in [5.74, 6) is 1.76. The number of benzene rings is 3. The minimum absolute atomic E-state index is 0.0787. The van der Waals surface area contributed by atoms with Gasteiger partial charge in [0, 0.05) is 31.1 Å². The van der Waals surface area contributed by atoms with Crippen LogP contribution in [-0.4, -0.2) is 22.0 Å². The molecule has 4 nitrogen and oxygen atoms in total. The topological polar surface area (TPSA) is 38.1 Å². The molecular weight excluding hydrogens is 382 g/mol. The van der Waals surface area contributed by atoms with Crippen molar-refractivity contribution in [3.8, 4) is 0 Å². The largest absolute Gasteiger partial charge is 0.323 e. The number of hydrogen-bond donors (Lipinski definition) is 0. The Morgan fingerprint density at radius 3 is 2.39 bits per heavy atom. The quantitative estimate of drug-likeness (QED) is 0.422. The molecule has 0 saturated carbocycles. The summed E-state index contributed by atoms with van der Waals surface area (Å²) >= 11 is 0. The third-order valence-electron chi connectivity index (χ3n) is 6.23. The summed E-state index contributed by atoms with van der Waals surface area (Å²) in [7, 11) is 0. The van der Waals surface area contributed by atoms with Crippen molar-refractivity contribution in [3.05, 3.63) is 95.8 Å². The Bertz CT molecular complexity index is 1210. The first-order chi connectivity index (χ1) is 15.1. The van der Waals surface area contributed by atoms with Crippen molar-refractivity contribution < 1.29 is 4.79 Å². The number of carbonyl (C=O) groups is 1. The van der Waals surface area contributed by atoms with E-state index in [1.165, 1.54) is 11.1 Å². The van der Waals surface area contributed by atoms with E-state index in [0.717, 1.165) is 29.1 Å². The van der Waals surface area contributed by atoms with Crippen molar-refractivity contribution in [2.75, 3.05) is 11.4 Å². The highest BCUT2D eigenvalue weighted by Crippen LogP contribution is 2.33. The highest BCUT2D eigenvalue weighted by molar-refractivity contribution is 5.96. The summed E-state index contributed by atoms with van der Waals surface area (Å²) in [6, 6.07) is 27.1. The van der Waals surface area contributed by atoms with Gasteiger partial charge in [0.2, 0.25) is 5.91 Å². The van der Waals surface area contributed by atoms with Crippen LogP contribution in [0.2, 0.25) is 0 Å². The zero-order chi connectivity index (χ0) is 21.4. The van der Waals surface area contributed by atoms with Gasteiger partial charge in [-0.25, -0.2) is 4.98 Å². The van der Waals surface area contributed by atoms with E-state index in [4.69, 9.17) is 4.98 Å². The van der Waals surface area contributed by atoms with E-state index in [2.05, 4.69) is 60.9 Å². The molecule has 1 aliphatic rings. The maximum Gasteiger partial charge on any atom is 0.227 e. The molecule has 31 heavy (non-hydrogen) atoms. The summed E-state index contributed by atoms with van der Waals surface area (Å²) in [5.41, 5.74) is 5.66. The maximum atomic E-state index is 12.8. The fourth-order valence-corrected chi connectivity index (χ4v) is 4.50. The Balaban J connectivity index is 1.50. The average Bonchev–Trinajstić information content (AvgIpc) is 3.35. The number of hydrogen-bond acceptors (Lipinski definition) is 2. The maximum absolute atomic E-state index is 12.8. The molecule has 1 saturated heterocycles. The molecule has 2 heterocycles. The normalized spacial score (nSPS) is 16.5. The number of carbonyl (C=O) groups excluding carboxylic acids is 1. The molecule has 0 aliphatic carbocycles. The molecule has 0 spiro atoms. The minimum atomic E-state index is 0.0787. The summed E-state index contributed by atoms with van der Waals surface area (Å²) < 4.78 is 2.30. The van der Waals surface area contributed by atoms with Crippen LogP contribution in [0.3, 0.4) is 0 Å². The first-order valence-corrected chi connectivity index (χ1v) is 11.0. The zero-order valence-electron chi connectivity index (χ0n) is 18.0. The van der Waals surface area contributed by atoms with Crippen molar-refractivity contribution in [3.63, 3.8) is 0 Å². The molecule has 0 N–H and O–H groups in total. The van der Waals surface area contributed by atoms with Gasteiger partial charge in [-0.15, -0.1) is 0 Å². The van der Waals surface area contributed by atoms with Crippen LogP contribution in [0.1, 0.15) is 49.1 Å².